The van der Waals surface area contributed by atoms with E-state index in [-0.39, 0.29) is 5.82 Å². The minimum absolute atomic E-state index is 0.320. The van der Waals surface area contributed by atoms with Crippen LogP contribution >= 0.6 is 15.9 Å². The Morgan fingerprint density at radius 1 is 1.25 bits per heavy atom. The smallest absolute Gasteiger partial charge is 0.141 e. The summed E-state index contributed by atoms with van der Waals surface area (Å²) >= 11 is 3.28. The minimum atomic E-state index is -0.320. The van der Waals surface area contributed by atoms with Crippen molar-refractivity contribution < 1.29 is 4.39 Å². The minimum Gasteiger partial charge on any atom is -0.327 e. The zero-order chi connectivity index (χ0) is 14.3. The van der Waals surface area contributed by atoms with E-state index in [1.807, 2.05) is 17.7 Å². The third-order valence-corrected chi connectivity index (χ3v) is 3.59. The summed E-state index contributed by atoms with van der Waals surface area (Å²) in [7, 11) is 1.85. The van der Waals surface area contributed by atoms with Crippen LogP contribution < -0.4 is 0 Å². The molecule has 0 saturated carbocycles. The maximum atomic E-state index is 13.5. The van der Waals surface area contributed by atoms with Crippen molar-refractivity contribution in [2.24, 2.45) is 7.05 Å². The third-order valence-electron chi connectivity index (χ3n) is 3.13. The Balaban J connectivity index is 2.27. The molecule has 3 nitrogen and oxygen atoms in total. The summed E-state index contributed by atoms with van der Waals surface area (Å²) in [6.07, 6.45) is 0. The first-order valence-electron chi connectivity index (χ1n) is 5.91. The molecule has 3 aromatic rings. The number of aromatic nitrogens is 2. The lowest BCUT2D eigenvalue weighted by Gasteiger charge is -2.03. The number of imidazole rings is 1. The van der Waals surface area contributed by atoms with Crippen LogP contribution in [0.4, 0.5) is 4.39 Å². The first-order chi connectivity index (χ1) is 9.58. The molecule has 0 saturated heterocycles. The fourth-order valence-electron chi connectivity index (χ4n) is 2.20. The molecule has 0 N–H and O–H groups in total. The molecule has 0 radical (unpaired) electrons. The fourth-order valence-corrected chi connectivity index (χ4v) is 2.67. The second-order valence-electron chi connectivity index (χ2n) is 4.47. The van der Waals surface area contributed by atoms with Gasteiger partial charge in [0.15, 0.2) is 0 Å². The first-order valence-corrected chi connectivity index (χ1v) is 6.71. The van der Waals surface area contributed by atoms with Gasteiger partial charge in [0.1, 0.15) is 11.6 Å². The largest absolute Gasteiger partial charge is 0.327 e. The Hall–Kier alpha value is -2.19. The number of fused-ring (bicyclic) bond motifs is 1. The summed E-state index contributed by atoms with van der Waals surface area (Å²) in [6, 6.07) is 12.1. The molecule has 0 aliphatic rings. The van der Waals surface area contributed by atoms with Gasteiger partial charge in [-0.2, -0.15) is 5.26 Å². The van der Waals surface area contributed by atoms with Crippen molar-refractivity contribution in [3.05, 3.63) is 52.3 Å². The summed E-state index contributed by atoms with van der Waals surface area (Å²) in [5.41, 5.74) is 2.89. The predicted octanol–water partition coefficient (Wildman–Crippen LogP) is 4.01. The molecule has 1 aromatic heterocycles. The molecule has 0 aliphatic heterocycles. The van der Waals surface area contributed by atoms with Crippen LogP contribution in [0.25, 0.3) is 22.4 Å². The lowest BCUT2D eigenvalue weighted by molar-refractivity contribution is 0.627. The summed E-state index contributed by atoms with van der Waals surface area (Å²) in [6.45, 7) is 0. The molecule has 3 rings (SSSR count). The van der Waals surface area contributed by atoms with Gasteiger partial charge in [-0.05, 0) is 36.4 Å². The van der Waals surface area contributed by atoms with E-state index in [0.717, 1.165) is 11.0 Å². The van der Waals surface area contributed by atoms with Gasteiger partial charge < -0.3 is 4.57 Å². The van der Waals surface area contributed by atoms with Crippen molar-refractivity contribution in [3.8, 4) is 17.5 Å². The van der Waals surface area contributed by atoms with Crippen molar-refractivity contribution in [3.63, 3.8) is 0 Å². The van der Waals surface area contributed by atoms with E-state index in [1.54, 1.807) is 18.2 Å². The average Bonchev–Trinajstić information content (AvgIpc) is 2.74. The number of aryl methyl sites for hydroxylation is 1. The highest BCUT2D eigenvalue weighted by molar-refractivity contribution is 9.10. The van der Waals surface area contributed by atoms with E-state index in [4.69, 9.17) is 5.26 Å². The fraction of sp³-hybridized carbons (Fsp3) is 0.0667. The number of halogens is 2. The second kappa shape index (κ2) is 4.73. The number of hydrogen-bond donors (Lipinski definition) is 0. The molecular formula is C15H9BrFN3. The lowest BCUT2D eigenvalue weighted by Crippen LogP contribution is -1.93. The van der Waals surface area contributed by atoms with Crippen molar-refractivity contribution in [1.82, 2.24) is 9.55 Å². The molecule has 20 heavy (non-hydrogen) atoms. The topological polar surface area (TPSA) is 41.6 Å². The monoisotopic (exact) mass is 329 g/mol. The van der Waals surface area contributed by atoms with Crippen LogP contribution in [0.15, 0.2) is 40.9 Å². The molecule has 0 atom stereocenters. The van der Waals surface area contributed by atoms with Gasteiger partial charge in [0.05, 0.1) is 22.7 Å². The van der Waals surface area contributed by atoms with Gasteiger partial charge in [0.25, 0.3) is 0 Å². The van der Waals surface area contributed by atoms with E-state index in [1.165, 1.54) is 12.1 Å². The van der Waals surface area contributed by atoms with E-state index in [2.05, 4.69) is 27.0 Å². The molecule has 0 spiro atoms. The van der Waals surface area contributed by atoms with E-state index < -0.39 is 0 Å². The summed E-state index contributed by atoms with van der Waals surface area (Å²) in [4.78, 5) is 4.51. The average molecular weight is 330 g/mol. The summed E-state index contributed by atoms with van der Waals surface area (Å²) in [5, 5.41) is 8.95. The SMILES string of the molecule is Cn1c(-c2cc(F)cc(Br)c2)nc2ccc(C#N)cc21. The van der Waals surface area contributed by atoms with E-state index >= 15 is 0 Å². The van der Waals surface area contributed by atoms with Crippen LogP contribution in [0.3, 0.4) is 0 Å². The third kappa shape index (κ3) is 2.08. The number of rotatable bonds is 1. The molecule has 98 valence electrons. The van der Waals surface area contributed by atoms with Crippen molar-refractivity contribution >= 4 is 27.0 Å². The Labute approximate surface area is 123 Å². The second-order valence-corrected chi connectivity index (χ2v) is 5.38. The standard InChI is InChI=1S/C15H9BrFN3/c1-20-14-4-9(8-18)2-3-13(14)19-15(20)10-5-11(16)7-12(17)6-10/h2-7H,1H3. The Morgan fingerprint density at radius 2 is 2.05 bits per heavy atom. The quantitative estimate of drug-likeness (QED) is 0.676. The van der Waals surface area contributed by atoms with Gasteiger partial charge in [-0.15, -0.1) is 0 Å². The molecule has 1 heterocycles. The molecule has 0 aliphatic carbocycles. The maximum absolute atomic E-state index is 13.5. The van der Waals surface area contributed by atoms with Gasteiger partial charge in [-0.3, -0.25) is 0 Å². The maximum Gasteiger partial charge on any atom is 0.141 e. The molecular weight excluding hydrogens is 321 g/mol. The molecule has 5 heteroatoms. The molecule has 0 unspecified atom stereocenters. The van der Waals surface area contributed by atoms with Crippen LogP contribution in [0, 0.1) is 17.1 Å². The van der Waals surface area contributed by atoms with Gasteiger partial charge in [-0.1, -0.05) is 15.9 Å². The molecule has 2 aromatic carbocycles. The van der Waals surface area contributed by atoms with E-state index in [0.29, 0.717) is 21.4 Å². The normalized spacial score (nSPS) is 10.7. The van der Waals surface area contributed by atoms with Crippen LogP contribution in [0.5, 0.6) is 0 Å². The summed E-state index contributed by atoms with van der Waals surface area (Å²) < 4.78 is 16.0. The highest BCUT2D eigenvalue weighted by Gasteiger charge is 2.12. The molecule has 0 amide bonds. The molecule has 0 bridgehead atoms. The number of hydrogen-bond acceptors (Lipinski definition) is 2. The Bertz CT molecular complexity index is 841. The number of benzene rings is 2. The van der Waals surface area contributed by atoms with Crippen LogP contribution in [0.2, 0.25) is 0 Å². The Morgan fingerprint density at radius 3 is 2.75 bits per heavy atom. The van der Waals surface area contributed by atoms with Crippen LogP contribution in [-0.2, 0) is 7.05 Å². The highest BCUT2D eigenvalue weighted by Crippen LogP contribution is 2.27. The Kier molecular flexibility index (Phi) is 3.03. The number of nitrogens with zero attached hydrogens (tertiary/aromatic N) is 3. The van der Waals surface area contributed by atoms with Crippen molar-refractivity contribution in [2.75, 3.05) is 0 Å². The van der Waals surface area contributed by atoms with Gasteiger partial charge >= 0.3 is 0 Å². The van der Waals surface area contributed by atoms with Crippen molar-refractivity contribution in [1.29, 1.82) is 5.26 Å². The first kappa shape index (κ1) is 12.8. The van der Waals surface area contributed by atoms with Crippen LogP contribution in [0.1, 0.15) is 5.56 Å². The zero-order valence-corrected chi connectivity index (χ0v) is 12.1. The molecule has 0 fully saturated rings. The predicted molar refractivity (Wildman–Crippen MR) is 78.5 cm³/mol. The number of nitriles is 1. The van der Waals surface area contributed by atoms with Gasteiger partial charge in [0, 0.05) is 17.1 Å². The van der Waals surface area contributed by atoms with Crippen LogP contribution in [-0.4, -0.2) is 9.55 Å². The van der Waals surface area contributed by atoms with Gasteiger partial charge in [-0.25, -0.2) is 9.37 Å². The summed E-state index contributed by atoms with van der Waals surface area (Å²) in [5.74, 6) is 0.342. The lowest BCUT2D eigenvalue weighted by atomic mass is 10.2. The zero-order valence-electron chi connectivity index (χ0n) is 10.6. The van der Waals surface area contributed by atoms with Crippen molar-refractivity contribution in [2.45, 2.75) is 0 Å². The van der Waals surface area contributed by atoms with Gasteiger partial charge in [0.2, 0.25) is 0 Å². The van der Waals surface area contributed by atoms with E-state index in [9.17, 15) is 4.39 Å². The highest BCUT2D eigenvalue weighted by atomic mass is 79.9.